The van der Waals surface area contributed by atoms with E-state index in [-0.39, 0.29) is 48.9 Å². The second-order valence-electron chi connectivity index (χ2n) is 5.92. The van der Waals surface area contributed by atoms with Gasteiger partial charge in [0.25, 0.3) is 11.6 Å². The molecule has 2 amide bonds. The van der Waals surface area contributed by atoms with Crippen LogP contribution in [0.2, 0.25) is 0 Å². The number of amides is 2. The summed E-state index contributed by atoms with van der Waals surface area (Å²) in [5.41, 5.74) is 5.97. The molecule has 0 radical (unpaired) electrons. The molecule has 136 valence electrons. The Balaban J connectivity index is 0.00000225. The number of piperidine rings is 1. The van der Waals surface area contributed by atoms with Gasteiger partial charge in [0.2, 0.25) is 5.91 Å². The standard InChI is InChI=1S/C15H18N4O5.ClH/c16-10-2-1-5-17(7-10)14(20)8-18-12-6-11(19(22)23)3-4-13(12)24-9-15(18)21;/h3-4,6,10H,1-2,5,7-9,16H2;1H. The van der Waals surface area contributed by atoms with Crippen molar-refractivity contribution in [2.24, 2.45) is 5.73 Å². The van der Waals surface area contributed by atoms with Gasteiger partial charge in [0.15, 0.2) is 6.61 Å². The highest BCUT2D eigenvalue weighted by Gasteiger charge is 2.31. The molecule has 1 atom stereocenters. The van der Waals surface area contributed by atoms with Crippen LogP contribution in [0.25, 0.3) is 0 Å². The van der Waals surface area contributed by atoms with Crippen molar-refractivity contribution in [3.05, 3.63) is 28.3 Å². The van der Waals surface area contributed by atoms with Gasteiger partial charge in [0.1, 0.15) is 12.3 Å². The Morgan fingerprint density at radius 1 is 1.44 bits per heavy atom. The molecule has 10 heteroatoms. The number of nitro benzene ring substituents is 1. The monoisotopic (exact) mass is 370 g/mol. The molecule has 1 fully saturated rings. The second-order valence-corrected chi connectivity index (χ2v) is 5.92. The minimum atomic E-state index is -0.553. The third-order valence-corrected chi connectivity index (χ3v) is 4.20. The zero-order valence-corrected chi connectivity index (χ0v) is 14.2. The molecule has 1 aromatic carbocycles. The number of nitrogens with zero attached hydrogens (tertiary/aromatic N) is 3. The first-order valence-corrected chi connectivity index (χ1v) is 7.70. The Morgan fingerprint density at radius 2 is 2.20 bits per heavy atom. The first-order chi connectivity index (χ1) is 11.5. The Bertz CT molecular complexity index is 698. The van der Waals surface area contributed by atoms with Gasteiger partial charge in [-0.15, -0.1) is 12.4 Å². The molecular weight excluding hydrogens is 352 g/mol. The van der Waals surface area contributed by atoms with E-state index < -0.39 is 10.8 Å². The molecular formula is C15H19ClN4O5. The number of hydrogen-bond acceptors (Lipinski definition) is 6. The number of nitro groups is 1. The molecule has 0 saturated carbocycles. The summed E-state index contributed by atoms with van der Waals surface area (Å²) in [5, 5.41) is 11.0. The lowest BCUT2D eigenvalue weighted by atomic mass is 10.1. The predicted octanol–water partition coefficient (Wildman–Crippen LogP) is 0.692. The highest BCUT2D eigenvalue weighted by molar-refractivity contribution is 6.02. The maximum Gasteiger partial charge on any atom is 0.271 e. The van der Waals surface area contributed by atoms with E-state index in [4.69, 9.17) is 10.5 Å². The molecule has 1 aromatic rings. The van der Waals surface area contributed by atoms with E-state index in [0.29, 0.717) is 18.8 Å². The van der Waals surface area contributed by atoms with Crippen molar-refractivity contribution >= 4 is 35.6 Å². The van der Waals surface area contributed by atoms with Gasteiger partial charge in [-0.25, -0.2) is 0 Å². The minimum absolute atomic E-state index is 0. The zero-order chi connectivity index (χ0) is 17.3. The lowest BCUT2D eigenvalue weighted by Gasteiger charge is -2.34. The number of ether oxygens (including phenoxy) is 1. The average Bonchev–Trinajstić information content (AvgIpc) is 2.56. The number of anilines is 1. The Morgan fingerprint density at radius 3 is 2.88 bits per heavy atom. The molecule has 1 unspecified atom stereocenters. The molecule has 1 saturated heterocycles. The van der Waals surface area contributed by atoms with Gasteiger partial charge in [0.05, 0.1) is 10.6 Å². The van der Waals surface area contributed by atoms with E-state index >= 15 is 0 Å². The van der Waals surface area contributed by atoms with E-state index in [0.717, 1.165) is 12.8 Å². The summed E-state index contributed by atoms with van der Waals surface area (Å²) in [5.74, 6) is -0.279. The maximum absolute atomic E-state index is 12.5. The number of rotatable bonds is 3. The summed E-state index contributed by atoms with van der Waals surface area (Å²) in [6.07, 6.45) is 1.70. The van der Waals surface area contributed by atoms with Crippen LogP contribution in [0.3, 0.4) is 0 Å². The molecule has 0 aromatic heterocycles. The van der Waals surface area contributed by atoms with Crippen LogP contribution >= 0.6 is 12.4 Å². The van der Waals surface area contributed by atoms with Crippen LogP contribution in [0, 0.1) is 10.1 Å². The Hall–Kier alpha value is -2.39. The van der Waals surface area contributed by atoms with Crippen molar-refractivity contribution in [3.8, 4) is 5.75 Å². The zero-order valence-electron chi connectivity index (χ0n) is 13.4. The number of fused-ring (bicyclic) bond motifs is 1. The van der Waals surface area contributed by atoms with Gasteiger partial charge in [-0.05, 0) is 18.9 Å². The number of halogens is 1. The molecule has 0 spiro atoms. The lowest BCUT2D eigenvalue weighted by molar-refractivity contribution is -0.384. The van der Waals surface area contributed by atoms with Gasteiger partial charge in [-0.2, -0.15) is 0 Å². The smallest absolute Gasteiger partial charge is 0.271 e. The summed E-state index contributed by atoms with van der Waals surface area (Å²) in [7, 11) is 0. The average molecular weight is 371 g/mol. The van der Waals surface area contributed by atoms with Gasteiger partial charge < -0.3 is 15.4 Å². The largest absolute Gasteiger partial charge is 0.482 e. The fourth-order valence-electron chi connectivity index (χ4n) is 2.95. The van der Waals surface area contributed by atoms with E-state index in [1.807, 2.05) is 0 Å². The molecule has 2 aliphatic heterocycles. The molecule has 9 nitrogen and oxygen atoms in total. The number of non-ortho nitro benzene ring substituents is 1. The molecule has 2 aliphatic rings. The van der Waals surface area contributed by atoms with Crippen molar-refractivity contribution in [1.29, 1.82) is 0 Å². The number of benzene rings is 1. The third-order valence-electron chi connectivity index (χ3n) is 4.20. The van der Waals surface area contributed by atoms with Crippen LogP contribution in [0.15, 0.2) is 18.2 Å². The van der Waals surface area contributed by atoms with Crippen LogP contribution in [0.5, 0.6) is 5.75 Å². The molecule has 3 rings (SSSR count). The van der Waals surface area contributed by atoms with Crippen LogP contribution < -0.4 is 15.4 Å². The Labute approximate surface area is 150 Å². The SMILES string of the molecule is Cl.NC1CCCN(C(=O)CN2C(=O)COc3ccc([N+](=O)[O-])cc32)C1. The van der Waals surface area contributed by atoms with Crippen LogP contribution in [-0.4, -0.2) is 53.9 Å². The lowest BCUT2D eigenvalue weighted by Crippen LogP contribution is -2.51. The predicted molar refractivity (Wildman–Crippen MR) is 92.0 cm³/mol. The molecule has 2 heterocycles. The van der Waals surface area contributed by atoms with Crippen molar-refractivity contribution in [1.82, 2.24) is 4.90 Å². The normalized spacial score (nSPS) is 19.6. The summed E-state index contributed by atoms with van der Waals surface area (Å²) in [6, 6.07) is 3.94. The summed E-state index contributed by atoms with van der Waals surface area (Å²) >= 11 is 0. The highest BCUT2D eigenvalue weighted by atomic mass is 35.5. The molecule has 0 aliphatic carbocycles. The van der Waals surface area contributed by atoms with Gasteiger partial charge in [-0.3, -0.25) is 24.6 Å². The van der Waals surface area contributed by atoms with Crippen LogP contribution in [0.4, 0.5) is 11.4 Å². The number of carbonyl (C=O) groups excluding carboxylic acids is 2. The minimum Gasteiger partial charge on any atom is -0.482 e. The topological polar surface area (TPSA) is 119 Å². The van der Waals surface area contributed by atoms with Crippen LogP contribution in [-0.2, 0) is 9.59 Å². The maximum atomic E-state index is 12.5. The van der Waals surface area contributed by atoms with Gasteiger partial charge in [-0.1, -0.05) is 0 Å². The van der Waals surface area contributed by atoms with E-state index in [1.54, 1.807) is 4.90 Å². The summed E-state index contributed by atoms with van der Waals surface area (Å²) in [6.45, 7) is 0.687. The summed E-state index contributed by atoms with van der Waals surface area (Å²) < 4.78 is 5.29. The van der Waals surface area contributed by atoms with E-state index in [2.05, 4.69) is 0 Å². The number of hydrogen-bond donors (Lipinski definition) is 1. The Kier molecular flexibility index (Phi) is 5.81. The van der Waals surface area contributed by atoms with Crippen molar-refractivity contribution < 1.29 is 19.2 Å². The fourth-order valence-corrected chi connectivity index (χ4v) is 2.95. The van der Waals surface area contributed by atoms with Crippen molar-refractivity contribution in [2.75, 3.05) is 31.1 Å². The number of likely N-dealkylation sites (tertiary alicyclic amines) is 1. The van der Waals surface area contributed by atoms with E-state index in [1.165, 1.54) is 23.1 Å². The molecule has 0 bridgehead atoms. The fraction of sp³-hybridized carbons (Fsp3) is 0.467. The molecule has 25 heavy (non-hydrogen) atoms. The van der Waals surface area contributed by atoms with E-state index in [9.17, 15) is 19.7 Å². The first kappa shape index (κ1) is 18.9. The quantitative estimate of drug-likeness (QED) is 0.617. The first-order valence-electron chi connectivity index (χ1n) is 7.70. The number of nitrogens with two attached hydrogens (primary N) is 1. The van der Waals surface area contributed by atoms with Crippen molar-refractivity contribution in [3.63, 3.8) is 0 Å². The second kappa shape index (κ2) is 7.66. The summed E-state index contributed by atoms with van der Waals surface area (Å²) in [4.78, 5) is 37.9. The van der Waals surface area contributed by atoms with Gasteiger partial charge in [0, 0.05) is 31.3 Å². The van der Waals surface area contributed by atoms with Crippen LogP contribution in [0.1, 0.15) is 12.8 Å². The van der Waals surface area contributed by atoms with Crippen molar-refractivity contribution in [2.45, 2.75) is 18.9 Å². The molecule has 2 N–H and O–H groups in total. The third kappa shape index (κ3) is 3.99. The number of carbonyl (C=O) groups is 2. The van der Waals surface area contributed by atoms with Gasteiger partial charge >= 0.3 is 0 Å². The highest BCUT2D eigenvalue weighted by Crippen LogP contribution is 2.35.